The third kappa shape index (κ3) is 4.93. The fourth-order valence-corrected chi connectivity index (χ4v) is 2.64. The van der Waals surface area contributed by atoms with Gasteiger partial charge >= 0.3 is 0 Å². The monoisotopic (exact) mass is 299 g/mol. The highest BCUT2D eigenvalue weighted by atomic mass is 19.1. The van der Waals surface area contributed by atoms with Gasteiger partial charge in [0.15, 0.2) is 17.4 Å². The number of hydrogen-bond donors (Lipinski definition) is 1. The lowest BCUT2D eigenvalue weighted by atomic mass is 10.1. The molecular weight excluding hydrogens is 276 g/mol. The number of rotatable bonds is 8. The molecule has 1 aliphatic rings. The molecule has 0 atom stereocenters. The molecule has 1 saturated carbocycles. The first kappa shape index (κ1) is 16.2. The van der Waals surface area contributed by atoms with E-state index in [0.29, 0.717) is 37.8 Å². The van der Waals surface area contributed by atoms with E-state index < -0.39 is 11.6 Å². The predicted octanol–water partition coefficient (Wildman–Crippen LogP) is 3.27. The Labute approximate surface area is 124 Å². The minimum absolute atomic E-state index is 0.248. The van der Waals surface area contributed by atoms with Crippen LogP contribution in [0.15, 0.2) is 12.1 Å². The Bertz CT molecular complexity index is 425. The smallest absolute Gasteiger partial charge is 0.190 e. The van der Waals surface area contributed by atoms with Crippen molar-refractivity contribution in [2.24, 2.45) is 5.92 Å². The Hall–Kier alpha value is -1.20. The molecule has 1 fully saturated rings. The topological polar surface area (TPSA) is 30.5 Å². The summed E-state index contributed by atoms with van der Waals surface area (Å²) in [5, 5.41) is 3.05. The first-order valence-corrected chi connectivity index (χ1v) is 7.51. The van der Waals surface area contributed by atoms with Crippen LogP contribution in [-0.4, -0.2) is 26.9 Å². The Morgan fingerprint density at radius 1 is 1.19 bits per heavy atom. The van der Waals surface area contributed by atoms with Crippen LogP contribution in [0.25, 0.3) is 0 Å². The zero-order valence-electron chi connectivity index (χ0n) is 12.5. The molecule has 1 aromatic carbocycles. The Morgan fingerprint density at radius 2 is 1.86 bits per heavy atom. The van der Waals surface area contributed by atoms with E-state index in [9.17, 15) is 8.78 Å². The summed E-state index contributed by atoms with van der Waals surface area (Å²) in [6.07, 6.45) is 4.55. The second kappa shape index (κ2) is 8.29. The molecule has 1 aromatic rings. The highest BCUT2D eigenvalue weighted by Gasteiger charge is 2.18. The van der Waals surface area contributed by atoms with E-state index in [1.54, 1.807) is 7.11 Å². The maximum absolute atomic E-state index is 13.9. The van der Waals surface area contributed by atoms with Gasteiger partial charge in [0.1, 0.15) is 0 Å². The van der Waals surface area contributed by atoms with Gasteiger partial charge in [-0.25, -0.2) is 8.78 Å². The van der Waals surface area contributed by atoms with Gasteiger partial charge in [0, 0.05) is 20.2 Å². The van der Waals surface area contributed by atoms with Gasteiger partial charge in [0.05, 0.1) is 13.2 Å². The summed E-state index contributed by atoms with van der Waals surface area (Å²) in [5.74, 6) is -1.07. The molecule has 0 heterocycles. The lowest BCUT2D eigenvalue weighted by Gasteiger charge is -2.13. The van der Waals surface area contributed by atoms with Gasteiger partial charge in [-0.05, 0) is 36.5 Å². The van der Waals surface area contributed by atoms with E-state index >= 15 is 0 Å². The highest BCUT2D eigenvalue weighted by Crippen LogP contribution is 2.28. The van der Waals surface area contributed by atoms with Gasteiger partial charge in [0.2, 0.25) is 0 Å². The third-order valence-corrected chi connectivity index (χ3v) is 3.81. The molecule has 1 aliphatic carbocycles. The van der Waals surface area contributed by atoms with Crippen molar-refractivity contribution in [3.8, 4) is 5.75 Å². The quantitative estimate of drug-likeness (QED) is 0.747. The van der Waals surface area contributed by atoms with Gasteiger partial charge in [0.25, 0.3) is 0 Å². The molecule has 5 heteroatoms. The number of nitrogens with one attached hydrogen (secondary N) is 1. The molecule has 1 N–H and O–H groups in total. The lowest BCUT2D eigenvalue weighted by Crippen LogP contribution is -2.19. The first-order valence-electron chi connectivity index (χ1n) is 7.51. The average Bonchev–Trinajstić information content (AvgIpc) is 2.96. The Balaban J connectivity index is 1.89. The van der Waals surface area contributed by atoms with Gasteiger partial charge < -0.3 is 14.8 Å². The summed E-state index contributed by atoms with van der Waals surface area (Å²) in [5.41, 5.74) is 0.564. The molecule has 0 radical (unpaired) electrons. The van der Waals surface area contributed by atoms with Crippen molar-refractivity contribution < 1.29 is 18.3 Å². The zero-order valence-corrected chi connectivity index (χ0v) is 12.5. The largest absolute Gasteiger partial charge is 0.487 e. The van der Waals surface area contributed by atoms with Gasteiger partial charge in [-0.3, -0.25) is 0 Å². The highest BCUT2D eigenvalue weighted by molar-refractivity contribution is 5.31. The molecule has 0 unspecified atom stereocenters. The number of ether oxygens (including phenoxy) is 2. The SMILES string of the molecule is COCCNCc1cc(F)c(OCC2CCCC2)c(F)c1. The van der Waals surface area contributed by atoms with Crippen molar-refractivity contribution in [3.05, 3.63) is 29.3 Å². The van der Waals surface area contributed by atoms with Crippen LogP contribution in [-0.2, 0) is 11.3 Å². The van der Waals surface area contributed by atoms with Crippen LogP contribution < -0.4 is 10.1 Å². The van der Waals surface area contributed by atoms with Crippen LogP contribution in [0.5, 0.6) is 5.75 Å². The average molecular weight is 299 g/mol. The second-order valence-corrected chi connectivity index (χ2v) is 5.52. The lowest BCUT2D eigenvalue weighted by molar-refractivity contribution is 0.199. The Kier molecular flexibility index (Phi) is 6.39. The van der Waals surface area contributed by atoms with Crippen molar-refractivity contribution in [3.63, 3.8) is 0 Å². The van der Waals surface area contributed by atoms with Crippen LogP contribution in [0, 0.1) is 17.6 Å². The standard InChI is InChI=1S/C16H23F2NO2/c1-20-7-6-19-10-13-8-14(17)16(15(18)9-13)21-11-12-4-2-3-5-12/h8-9,12,19H,2-7,10-11H2,1H3. The van der Waals surface area contributed by atoms with Gasteiger partial charge in [-0.1, -0.05) is 12.8 Å². The molecule has 0 amide bonds. The van der Waals surface area contributed by atoms with Crippen LogP contribution in [0.4, 0.5) is 8.78 Å². The molecular formula is C16H23F2NO2. The van der Waals surface area contributed by atoms with E-state index in [1.807, 2.05) is 0 Å². The Morgan fingerprint density at radius 3 is 2.48 bits per heavy atom. The fraction of sp³-hybridized carbons (Fsp3) is 0.625. The van der Waals surface area contributed by atoms with Gasteiger partial charge in [-0.15, -0.1) is 0 Å². The van der Waals surface area contributed by atoms with Crippen molar-refractivity contribution in [1.82, 2.24) is 5.32 Å². The molecule has 0 bridgehead atoms. The summed E-state index contributed by atoms with van der Waals surface area (Å²) in [4.78, 5) is 0. The molecule has 2 rings (SSSR count). The first-order chi connectivity index (χ1) is 10.2. The molecule has 21 heavy (non-hydrogen) atoms. The normalized spacial score (nSPS) is 15.6. The molecule has 0 spiro atoms. The third-order valence-electron chi connectivity index (χ3n) is 3.81. The molecule has 0 saturated heterocycles. The maximum Gasteiger partial charge on any atom is 0.190 e. The van der Waals surface area contributed by atoms with E-state index in [1.165, 1.54) is 25.0 Å². The summed E-state index contributed by atoms with van der Waals surface area (Å²) in [6, 6.07) is 2.65. The zero-order chi connectivity index (χ0) is 15.1. The summed E-state index contributed by atoms with van der Waals surface area (Å²) in [7, 11) is 1.61. The number of halogens is 2. The molecule has 0 aromatic heterocycles. The van der Waals surface area contributed by atoms with Crippen LogP contribution in [0.1, 0.15) is 31.2 Å². The number of methoxy groups -OCH3 is 1. The summed E-state index contributed by atoms with van der Waals surface area (Å²) in [6.45, 7) is 2.01. The van der Waals surface area contributed by atoms with E-state index in [4.69, 9.17) is 9.47 Å². The van der Waals surface area contributed by atoms with E-state index in [0.717, 1.165) is 12.8 Å². The number of hydrogen-bond acceptors (Lipinski definition) is 3. The van der Waals surface area contributed by atoms with Crippen molar-refractivity contribution in [1.29, 1.82) is 0 Å². The van der Waals surface area contributed by atoms with Crippen molar-refractivity contribution >= 4 is 0 Å². The summed E-state index contributed by atoms with van der Waals surface area (Å²) < 4.78 is 38.1. The van der Waals surface area contributed by atoms with Crippen LogP contribution in [0.2, 0.25) is 0 Å². The van der Waals surface area contributed by atoms with Crippen LogP contribution >= 0.6 is 0 Å². The van der Waals surface area contributed by atoms with Crippen LogP contribution in [0.3, 0.4) is 0 Å². The van der Waals surface area contributed by atoms with Gasteiger partial charge in [-0.2, -0.15) is 0 Å². The number of benzene rings is 1. The molecule has 0 aliphatic heterocycles. The molecule has 3 nitrogen and oxygen atoms in total. The fourth-order valence-electron chi connectivity index (χ4n) is 2.64. The van der Waals surface area contributed by atoms with E-state index in [2.05, 4.69) is 5.32 Å². The molecule has 118 valence electrons. The minimum atomic E-state index is -0.628. The van der Waals surface area contributed by atoms with Crippen molar-refractivity contribution in [2.75, 3.05) is 26.9 Å². The second-order valence-electron chi connectivity index (χ2n) is 5.52. The predicted molar refractivity (Wildman–Crippen MR) is 77.4 cm³/mol. The van der Waals surface area contributed by atoms with Crippen molar-refractivity contribution in [2.45, 2.75) is 32.2 Å². The maximum atomic E-state index is 13.9. The minimum Gasteiger partial charge on any atom is -0.487 e. The van der Waals surface area contributed by atoms with E-state index in [-0.39, 0.29) is 5.75 Å². The summed E-state index contributed by atoms with van der Waals surface area (Å²) >= 11 is 0.